The zero-order valence-corrected chi connectivity index (χ0v) is 9.67. The second kappa shape index (κ2) is 4.08. The molecule has 0 heterocycles. The number of fused-ring (bicyclic) bond motifs is 1. The van der Waals surface area contributed by atoms with E-state index in [4.69, 9.17) is 0 Å². The molecule has 3 aromatic rings. The van der Waals surface area contributed by atoms with E-state index in [9.17, 15) is 10.2 Å². The summed E-state index contributed by atoms with van der Waals surface area (Å²) in [5.41, 5.74) is 1.69. The van der Waals surface area contributed by atoms with Crippen LogP contribution in [0.15, 0.2) is 60.7 Å². The first-order valence-corrected chi connectivity index (χ1v) is 5.76. The van der Waals surface area contributed by atoms with Crippen LogP contribution in [0.4, 0.5) is 0 Å². The summed E-state index contributed by atoms with van der Waals surface area (Å²) in [4.78, 5) is 0. The topological polar surface area (TPSA) is 40.5 Å². The number of benzene rings is 3. The van der Waals surface area contributed by atoms with Crippen molar-refractivity contribution in [2.45, 2.75) is 0 Å². The van der Waals surface area contributed by atoms with Gasteiger partial charge in [-0.3, -0.25) is 0 Å². The molecular weight excluding hydrogens is 224 g/mol. The lowest BCUT2D eigenvalue weighted by molar-refractivity contribution is 0.475. The molecule has 0 atom stereocenters. The fourth-order valence-electron chi connectivity index (χ4n) is 2.20. The third-order valence-electron chi connectivity index (χ3n) is 3.06. The minimum atomic E-state index is 0.227. The molecule has 3 aromatic carbocycles. The Morgan fingerprint density at radius 2 is 1.44 bits per heavy atom. The van der Waals surface area contributed by atoms with Crippen molar-refractivity contribution in [3.8, 4) is 22.6 Å². The van der Waals surface area contributed by atoms with Crippen molar-refractivity contribution in [3.63, 3.8) is 0 Å². The first-order chi connectivity index (χ1) is 8.75. The van der Waals surface area contributed by atoms with E-state index in [-0.39, 0.29) is 11.5 Å². The van der Waals surface area contributed by atoms with Gasteiger partial charge >= 0.3 is 0 Å². The molecule has 0 saturated carbocycles. The van der Waals surface area contributed by atoms with Crippen LogP contribution in [0, 0.1) is 0 Å². The third kappa shape index (κ3) is 1.68. The van der Waals surface area contributed by atoms with Gasteiger partial charge in [0, 0.05) is 5.56 Å². The van der Waals surface area contributed by atoms with E-state index in [0.717, 1.165) is 21.9 Å². The number of hydrogen-bond acceptors (Lipinski definition) is 2. The van der Waals surface area contributed by atoms with Gasteiger partial charge in [-0.2, -0.15) is 0 Å². The Hall–Kier alpha value is -2.48. The molecular formula is C16H12O2. The van der Waals surface area contributed by atoms with Crippen LogP contribution in [0.25, 0.3) is 21.9 Å². The normalized spacial score (nSPS) is 10.7. The van der Waals surface area contributed by atoms with Crippen LogP contribution in [0.5, 0.6) is 11.5 Å². The van der Waals surface area contributed by atoms with Gasteiger partial charge in [0.1, 0.15) is 11.5 Å². The number of hydrogen-bond donors (Lipinski definition) is 2. The Morgan fingerprint density at radius 1 is 0.667 bits per heavy atom. The van der Waals surface area contributed by atoms with Gasteiger partial charge in [0.2, 0.25) is 0 Å². The Bertz CT molecular complexity index is 717. The van der Waals surface area contributed by atoms with Gasteiger partial charge in [0.05, 0.1) is 0 Å². The highest BCUT2D eigenvalue weighted by atomic mass is 16.3. The van der Waals surface area contributed by atoms with Gasteiger partial charge in [-0.25, -0.2) is 0 Å². The second-order valence-corrected chi connectivity index (χ2v) is 4.23. The maximum Gasteiger partial charge on any atom is 0.123 e. The van der Waals surface area contributed by atoms with Gasteiger partial charge in [-0.05, 0) is 34.5 Å². The molecule has 0 aliphatic carbocycles. The molecule has 0 unspecified atom stereocenters. The molecule has 0 bridgehead atoms. The van der Waals surface area contributed by atoms with Crippen molar-refractivity contribution in [3.05, 3.63) is 60.7 Å². The SMILES string of the molecule is Oc1ccc2cccc(-c3ccccc3O)c2c1. The predicted molar refractivity (Wildman–Crippen MR) is 72.7 cm³/mol. The Labute approximate surface area is 105 Å². The molecule has 2 heteroatoms. The molecule has 0 aliphatic heterocycles. The average Bonchev–Trinajstić information content (AvgIpc) is 2.39. The quantitative estimate of drug-likeness (QED) is 0.672. The summed E-state index contributed by atoms with van der Waals surface area (Å²) in [6, 6.07) is 18.3. The van der Waals surface area contributed by atoms with Gasteiger partial charge < -0.3 is 10.2 Å². The molecule has 0 fully saturated rings. The van der Waals surface area contributed by atoms with Crippen LogP contribution < -0.4 is 0 Å². The van der Waals surface area contributed by atoms with Crippen LogP contribution in [-0.2, 0) is 0 Å². The molecule has 0 amide bonds. The average molecular weight is 236 g/mol. The second-order valence-electron chi connectivity index (χ2n) is 4.23. The van der Waals surface area contributed by atoms with E-state index in [2.05, 4.69) is 0 Å². The molecule has 88 valence electrons. The number of phenols is 2. The van der Waals surface area contributed by atoms with Crippen LogP contribution >= 0.6 is 0 Å². The summed E-state index contributed by atoms with van der Waals surface area (Å²) in [5, 5.41) is 21.5. The number of aromatic hydroxyl groups is 2. The Balaban J connectivity index is 2.36. The highest BCUT2D eigenvalue weighted by molar-refractivity contribution is 5.98. The number of para-hydroxylation sites is 1. The van der Waals surface area contributed by atoms with E-state index in [0.29, 0.717) is 0 Å². The van der Waals surface area contributed by atoms with Crippen LogP contribution in [0.3, 0.4) is 0 Å². The molecule has 0 aromatic heterocycles. The lowest BCUT2D eigenvalue weighted by Gasteiger charge is -2.08. The van der Waals surface area contributed by atoms with Crippen molar-refractivity contribution in [2.24, 2.45) is 0 Å². The number of rotatable bonds is 1. The molecule has 2 nitrogen and oxygen atoms in total. The summed E-state index contributed by atoms with van der Waals surface area (Å²) in [6.07, 6.45) is 0. The third-order valence-corrected chi connectivity index (χ3v) is 3.06. The minimum absolute atomic E-state index is 0.227. The summed E-state index contributed by atoms with van der Waals surface area (Å²) in [7, 11) is 0. The molecule has 0 saturated heterocycles. The number of phenolic OH excluding ortho intramolecular Hbond substituents is 2. The summed E-state index contributed by atoms with van der Waals surface area (Å²) < 4.78 is 0. The molecule has 2 N–H and O–H groups in total. The zero-order chi connectivity index (χ0) is 12.5. The van der Waals surface area contributed by atoms with Crippen molar-refractivity contribution >= 4 is 10.8 Å². The van der Waals surface area contributed by atoms with E-state index < -0.39 is 0 Å². The van der Waals surface area contributed by atoms with Crippen molar-refractivity contribution in [1.29, 1.82) is 0 Å². The summed E-state index contributed by atoms with van der Waals surface area (Å²) in [5.74, 6) is 0.471. The highest BCUT2D eigenvalue weighted by Gasteiger charge is 2.07. The first-order valence-electron chi connectivity index (χ1n) is 5.76. The van der Waals surface area contributed by atoms with Crippen LogP contribution in [-0.4, -0.2) is 10.2 Å². The molecule has 3 rings (SSSR count). The monoisotopic (exact) mass is 236 g/mol. The molecule has 0 radical (unpaired) electrons. The van der Waals surface area contributed by atoms with Crippen LogP contribution in [0.1, 0.15) is 0 Å². The van der Waals surface area contributed by atoms with Gasteiger partial charge in [-0.15, -0.1) is 0 Å². The summed E-state index contributed by atoms with van der Waals surface area (Å²) in [6.45, 7) is 0. The van der Waals surface area contributed by atoms with E-state index in [1.54, 1.807) is 24.3 Å². The maximum absolute atomic E-state index is 9.93. The fourth-order valence-corrected chi connectivity index (χ4v) is 2.20. The lowest BCUT2D eigenvalue weighted by atomic mass is 9.97. The smallest absolute Gasteiger partial charge is 0.123 e. The zero-order valence-electron chi connectivity index (χ0n) is 9.67. The predicted octanol–water partition coefficient (Wildman–Crippen LogP) is 3.92. The Kier molecular flexibility index (Phi) is 2.41. The first kappa shape index (κ1) is 10.7. The highest BCUT2D eigenvalue weighted by Crippen LogP contribution is 2.35. The van der Waals surface area contributed by atoms with E-state index >= 15 is 0 Å². The van der Waals surface area contributed by atoms with E-state index in [1.807, 2.05) is 36.4 Å². The van der Waals surface area contributed by atoms with Gasteiger partial charge in [0.15, 0.2) is 0 Å². The van der Waals surface area contributed by atoms with Crippen molar-refractivity contribution < 1.29 is 10.2 Å². The van der Waals surface area contributed by atoms with Crippen molar-refractivity contribution in [1.82, 2.24) is 0 Å². The molecule has 18 heavy (non-hydrogen) atoms. The molecule has 0 aliphatic rings. The summed E-state index contributed by atoms with van der Waals surface area (Å²) >= 11 is 0. The van der Waals surface area contributed by atoms with Crippen molar-refractivity contribution in [2.75, 3.05) is 0 Å². The lowest BCUT2D eigenvalue weighted by Crippen LogP contribution is -1.82. The largest absolute Gasteiger partial charge is 0.508 e. The standard InChI is InChI=1S/C16H12O2/c17-12-9-8-11-4-3-6-13(15(11)10-12)14-5-1-2-7-16(14)18/h1-10,17-18H. The molecule has 0 spiro atoms. The van der Waals surface area contributed by atoms with E-state index in [1.165, 1.54) is 0 Å². The minimum Gasteiger partial charge on any atom is -0.508 e. The van der Waals surface area contributed by atoms with Gasteiger partial charge in [0.25, 0.3) is 0 Å². The maximum atomic E-state index is 9.93. The fraction of sp³-hybridized carbons (Fsp3) is 0. The van der Waals surface area contributed by atoms with Gasteiger partial charge in [-0.1, -0.05) is 42.5 Å². The Morgan fingerprint density at radius 3 is 2.28 bits per heavy atom. The van der Waals surface area contributed by atoms with Crippen LogP contribution in [0.2, 0.25) is 0 Å².